The first-order valence-corrected chi connectivity index (χ1v) is 13.2. The summed E-state index contributed by atoms with van der Waals surface area (Å²) < 4.78 is 18.6. The molecule has 5 heteroatoms. The Morgan fingerprint density at radius 1 is 0.892 bits per heavy atom. The molecule has 3 aromatic rings. The molecule has 2 heterocycles. The zero-order valence-electron chi connectivity index (χ0n) is 22.2. The van der Waals surface area contributed by atoms with Gasteiger partial charge in [-0.15, -0.1) is 0 Å². The predicted octanol–water partition coefficient (Wildman–Crippen LogP) is 5.61. The standard InChI is InChI=1S/C32H35NO4/c1-20(2)29-27-26(36-31(3,4)37-29)19-33(28(27)30(34)35-5)32(21-13-7-6-8-14-21)24-17-11-9-15-22(24)23-16-10-12-18-25(23)32/h6-18,20,26-29H,19H2,1-5H3/t26-,27+,28+,29+/m1/s1. The molecular weight excluding hydrogens is 462 g/mol. The minimum absolute atomic E-state index is 0.150. The Kier molecular flexibility index (Phi) is 5.79. The maximum absolute atomic E-state index is 13.8. The number of rotatable bonds is 4. The van der Waals surface area contributed by atoms with Gasteiger partial charge in [-0.2, -0.15) is 0 Å². The van der Waals surface area contributed by atoms with E-state index in [-0.39, 0.29) is 30.0 Å². The van der Waals surface area contributed by atoms with Crippen molar-refractivity contribution in [1.29, 1.82) is 0 Å². The minimum Gasteiger partial charge on any atom is -0.468 e. The van der Waals surface area contributed by atoms with Gasteiger partial charge >= 0.3 is 5.97 Å². The molecule has 2 saturated heterocycles. The number of likely N-dealkylation sites (tertiary alicyclic amines) is 1. The van der Waals surface area contributed by atoms with E-state index in [1.165, 1.54) is 29.4 Å². The first kappa shape index (κ1) is 24.4. The SMILES string of the molecule is COC(=O)[C@@H]1[C@@H]2[C@@H](CN1C1(c3ccccc3)c3ccccc3-c3ccccc31)OC(C)(C)O[C@H]2C(C)C. The lowest BCUT2D eigenvalue weighted by Crippen LogP contribution is -2.57. The van der Waals surface area contributed by atoms with Gasteiger partial charge in [0.05, 0.1) is 24.9 Å². The second-order valence-electron chi connectivity index (χ2n) is 11.2. The number of fused-ring (bicyclic) bond motifs is 4. The highest BCUT2D eigenvalue weighted by Crippen LogP contribution is 2.58. The van der Waals surface area contributed by atoms with E-state index in [1.54, 1.807) is 0 Å². The Morgan fingerprint density at radius 3 is 2.03 bits per heavy atom. The van der Waals surface area contributed by atoms with Gasteiger partial charge in [-0.3, -0.25) is 9.69 Å². The Balaban J connectivity index is 1.65. The van der Waals surface area contributed by atoms with Crippen LogP contribution >= 0.6 is 0 Å². The highest BCUT2D eigenvalue weighted by atomic mass is 16.7. The van der Waals surface area contributed by atoms with Gasteiger partial charge in [0.25, 0.3) is 0 Å². The summed E-state index contributed by atoms with van der Waals surface area (Å²) in [5, 5.41) is 0. The van der Waals surface area contributed by atoms with Crippen LogP contribution < -0.4 is 0 Å². The molecule has 2 aliphatic heterocycles. The van der Waals surface area contributed by atoms with Crippen molar-refractivity contribution in [2.24, 2.45) is 11.8 Å². The molecule has 192 valence electrons. The van der Waals surface area contributed by atoms with Gasteiger partial charge in [0.2, 0.25) is 0 Å². The molecule has 0 radical (unpaired) electrons. The lowest BCUT2D eigenvalue weighted by Gasteiger charge is -2.46. The minimum atomic E-state index is -0.738. The summed E-state index contributed by atoms with van der Waals surface area (Å²) in [5.41, 5.74) is 5.19. The Labute approximate surface area is 219 Å². The van der Waals surface area contributed by atoms with Crippen LogP contribution in [0.25, 0.3) is 11.1 Å². The van der Waals surface area contributed by atoms with Crippen LogP contribution in [0.5, 0.6) is 0 Å². The zero-order chi connectivity index (χ0) is 25.9. The van der Waals surface area contributed by atoms with E-state index in [0.717, 1.165) is 5.56 Å². The summed E-state index contributed by atoms with van der Waals surface area (Å²) in [4.78, 5) is 16.1. The molecule has 0 spiro atoms. The van der Waals surface area contributed by atoms with Crippen LogP contribution in [0.1, 0.15) is 44.4 Å². The second-order valence-corrected chi connectivity index (χ2v) is 11.2. The molecule has 3 aromatic carbocycles. The largest absolute Gasteiger partial charge is 0.468 e. The fraction of sp³-hybridized carbons (Fsp3) is 0.406. The molecule has 2 fully saturated rings. The van der Waals surface area contributed by atoms with E-state index in [1.807, 2.05) is 19.9 Å². The van der Waals surface area contributed by atoms with Crippen LogP contribution in [0, 0.1) is 11.8 Å². The summed E-state index contributed by atoms with van der Waals surface area (Å²) in [6.45, 7) is 8.85. The zero-order valence-corrected chi connectivity index (χ0v) is 22.2. The smallest absolute Gasteiger partial charge is 0.323 e. The van der Waals surface area contributed by atoms with E-state index in [0.29, 0.717) is 6.54 Å². The van der Waals surface area contributed by atoms with Crippen molar-refractivity contribution in [3.63, 3.8) is 0 Å². The van der Waals surface area contributed by atoms with Crippen molar-refractivity contribution in [3.05, 3.63) is 95.6 Å². The second kappa shape index (κ2) is 8.80. The average Bonchev–Trinajstić information content (AvgIpc) is 3.41. The maximum atomic E-state index is 13.8. The van der Waals surface area contributed by atoms with Crippen molar-refractivity contribution in [1.82, 2.24) is 4.90 Å². The van der Waals surface area contributed by atoms with E-state index < -0.39 is 17.4 Å². The fourth-order valence-electron chi connectivity index (χ4n) is 7.15. The van der Waals surface area contributed by atoms with Crippen LogP contribution in [0.3, 0.4) is 0 Å². The third kappa shape index (κ3) is 3.52. The molecule has 6 rings (SSSR count). The van der Waals surface area contributed by atoms with Crippen LogP contribution in [0.4, 0.5) is 0 Å². The van der Waals surface area contributed by atoms with Crippen LogP contribution in [-0.4, -0.2) is 48.6 Å². The topological polar surface area (TPSA) is 48.0 Å². The van der Waals surface area contributed by atoms with Gasteiger partial charge in [-0.25, -0.2) is 0 Å². The predicted molar refractivity (Wildman–Crippen MR) is 143 cm³/mol. The van der Waals surface area contributed by atoms with Gasteiger partial charge in [-0.05, 0) is 47.6 Å². The van der Waals surface area contributed by atoms with Crippen molar-refractivity contribution >= 4 is 5.97 Å². The molecule has 37 heavy (non-hydrogen) atoms. The summed E-state index contributed by atoms with van der Waals surface area (Å²) >= 11 is 0. The number of benzene rings is 3. The highest BCUT2D eigenvalue weighted by Gasteiger charge is 2.63. The molecule has 0 bridgehead atoms. The number of hydrogen-bond acceptors (Lipinski definition) is 5. The Morgan fingerprint density at radius 2 is 1.46 bits per heavy atom. The lowest BCUT2D eigenvalue weighted by atomic mass is 9.77. The van der Waals surface area contributed by atoms with Crippen LogP contribution in [0.15, 0.2) is 78.9 Å². The number of hydrogen-bond donors (Lipinski definition) is 0. The van der Waals surface area contributed by atoms with E-state index >= 15 is 0 Å². The average molecular weight is 498 g/mol. The number of nitrogens with zero attached hydrogens (tertiary/aromatic N) is 1. The number of methoxy groups -OCH3 is 1. The third-order valence-corrected chi connectivity index (χ3v) is 8.39. The van der Waals surface area contributed by atoms with Crippen LogP contribution in [0.2, 0.25) is 0 Å². The van der Waals surface area contributed by atoms with Crippen molar-refractivity contribution < 1.29 is 19.0 Å². The summed E-state index contributed by atoms with van der Waals surface area (Å²) in [7, 11) is 1.48. The van der Waals surface area contributed by atoms with Gasteiger partial charge in [0, 0.05) is 12.5 Å². The maximum Gasteiger partial charge on any atom is 0.323 e. The summed E-state index contributed by atoms with van der Waals surface area (Å²) in [6, 6.07) is 27.2. The normalized spacial score (nSPS) is 27.4. The lowest BCUT2D eigenvalue weighted by molar-refractivity contribution is -0.321. The van der Waals surface area contributed by atoms with E-state index in [2.05, 4.69) is 91.5 Å². The van der Waals surface area contributed by atoms with E-state index in [4.69, 9.17) is 14.2 Å². The van der Waals surface area contributed by atoms with Gasteiger partial charge in [-0.1, -0.05) is 92.7 Å². The molecule has 4 atom stereocenters. The van der Waals surface area contributed by atoms with Gasteiger partial charge in [0.1, 0.15) is 6.04 Å². The summed E-state index contributed by atoms with van der Waals surface area (Å²) in [5.74, 6) is -0.945. The molecule has 0 saturated carbocycles. The Hall–Kier alpha value is -2.99. The van der Waals surface area contributed by atoms with Gasteiger partial charge < -0.3 is 14.2 Å². The number of ether oxygens (including phenoxy) is 3. The molecule has 3 aliphatic rings. The van der Waals surface area contributed by atoms with Crippen LogP contribution in [-0.2, 0) is 24.5 Å². The van der Waals surface area contributed by atoms with Crippen molar-refractivity contribution in [2.45, 2.75) is 57.3 Å². The van der Waals surface area contributed by atoms with Gasteiger partial charge in [0.15, 0.2) is 5.79 Å². The number of carbonyl (C=O) groups is 1. The monoisotopic (exact) mass is 497 g/mol. The first-order valence-electron chi connectivity index (χ1n) is 13.2. The molecule has 1 aliphatic carbocycles. The highest BCUT2D eigenvalue weighted by molar-refractivity contribution is 5.85. The summed E-state index contributed by atoms with van der Waals surface area (Å²) in [6.07, 6.45) is -0.330. The molecule has 0 aromatic heterocycles. The quantitative estimate of drug-likeness (QED) is 0.439. The van der Waals surface area contributed by atoms with E-state index in [9.17, 15) is 4.79 Å². The first-order chi connectivity index (χ1) is 17.8. The number of esters is 1. The molecular formula is C32H35NO4. The molecule has 0 N–H and O–H groups in total. The Bertz CT molecular complexity index is 1270. The molecule has 5 nitrogen and oxygen atoms in total. The fourth-order valence-corrected chi connectivity index (χ4v) is 7.15. The van der Waals surface area contributed by atoms with Crippen molar-refractivity contribution in [2.75, 3.05) is 13.7 Å². The third-order valence-electron chi connectivity index (χ3n) is 8.39. The van der Waals surface area contributed by atoms with Crippen molar-refractivity contribution in [3.8, 4) is 11.1 Å². The number of carbonyl (C=O) groups excluding carboxylic acids is 1. The molecule has 0 amide bonds. The molecule has 0 unspecified atom stereocenters.